The lowest BCUT2D eigenvalue weighted by molar-refractivity contribution is 0.0575. The quantitative estimate of drug-likeness (QED) is 0.609. The van der Waals surface area contributed by atoms with E-state index in [-0.39, 0.29) is 5.91 Å². The van der Waals surface area contributed by atoms with Gasteiger partial charge in [-0.05, 0) is 37.8 Å². The van der Waals surface area contributed by atoms with Gasteiger partial charge in [-0.25, -0.2) is 0 Å². The molecule has 0 spiro atoms. The van der Waals surface area contributed by atoms with E-state index in [0.29, 0.717) is 12.5 Å². The molecule has 20 heavy (non-hydrogen) atoms. The predicted octanol–water partition coefficient (Wildman–Crippen LogP) is 3.05. The summed E-state index contributed by atoms with van der Waals surface area (Å²) in [4.78, 5) is 14.3. The number of carbonyl (C=O) groups excluding carboxylic acids is 1. The third kappa shape index (κ3) is 3.94. The highest BCUT2D eigenvalue weighted by atomic mass is 16.5. The minimum Gasteiger partial charge on any atom is -0.377 e. The number of hydrogen-bond acceptors (Lipinski definition) is 2. The van der Waals surface area contributed by atoms with Gasteiger partial charge < -0.3 is 9.64 Å². The molecule has 0 saturated carbocycles. The highest BCUT2D eigenvalue weighted by Gasteiger charge is 2.23. The molecule has 0 unspecified atom stereocenters. The Morgan fingerprint density at radius 2 is 2.00 bits per heavy atom. The molecule has 3 nitrogen and oxygen atoms in total. The minimum absolute atomic E-state index is 0.149. The van der Waals surface area contributed by atoms with Crippen LogP contribution in [0.1, 0.15) is 28.8 Å². The molecule has 1 fully saturated rings. The van der Waals surface area contributed by atoms with E-state index in [1.54, 1.807) is 6.08 Å². The zero-order chi connectivity index (χ0) is 14.4. The number of likely N-dealkylation sites (tertiary alicyclic amines) is 1. The Balaban J connectivity index is 1.82. The van der Waals surface area contributed by atoms with Crippen molar-refractivity contribution in [2.45, 2.75) is 19.8 Å². The maximum Gasteiger partial charge on any atom is 0.253 e. The normalized spacial score (nSPS) is 16.1. The number of rotatable bonds is 5. The van der Waals surface area contributed by atoms with Gasteiger partial charge in [0.1, 0.15) is 0 Å². The summed E-state index contributed by atoms with van der Waals surface area (Å²) in [6.07, 6.45) is 3.82. The number of aryl methyl sites for hydroxylation is 1. The molecule has 0 radical (unpaired) electrons. The van der Waals surface area contributed by atoms with Gasteiger partial charge in [0.25, 0.3) is 5.91 Å². The van der Waals surface area contributed by atoms with E-state index in [1.807, 2.05) is 36.1 Å². The summed E-state index contributed by atoms with van der Waals surface area (Å²) in [6.45, 7) is 8.72. The third-order valence-electron chi connectivity index (χ3n) is 3.79. The molecule has 0 bridgehead atoms. The fourth-order valence-electron chi connectivity index (χ4n) is 2.50. The summed E-state index contributed by atoms with van der Waals surface area (Å²) < 4.78 is 5.49. The fraction of sp³-hybridized carbons (Fsp3) is 0.471. The SMILES string of the molecule is C=CCOCC1CCN(C(=O)c2ccc(C)cc2)CC1. The Morgan fingerprint density at radius 1 is 1.35 bits per heavy atom. The van der Waals surface area contributed by atoms with E-state index in [2.05, 4.69) is 6.58 Å². The Morgan fingerprint density at radius 3 is 2.60 bits per heavy atom. The monoisotopic (exact) mass is 273 g/mol. The van der Waals surface area contributed by atoms with Crippen LogP contribution < -0.4 is 0 Å². The Labute approximate surface area is 121 Å². The van der Waals surface area contributed by atoms with Crippen LogP contribution in [-0.2, 0) is 4.74 Å². The number of benzene rings is 1. The van der Waals surface area contributed by atoms with Gasteiger partial charge in [-0.2, -0.15) is 0 Å². The molecule has 2 rings (SSSR count). The Kier molecular flexibility index (Phi) is 5.36. The van der Waals surface area contributed by atoms with E-state index < -0.39 is 0 Å². The second-order valence-corrected chi connectivity index (χ2v) is 5.43. The number of carbonyl (C=O) groups is 1. The number of nitrogens with zero attached hydrogens (tertiary/aromatic N) is 1. The van der Waals surface area contributed by atoms with E-state index >= 15 is 0 Å². The van der Waals surface area contributed by atoms with Crippen molar-refractivity contribution in [3.05, 3.63) is 48.0 Å². The lowest BCUT2D eigenvalue weighted by Crippen LogP contribution is -2.39. The van der Waals surface area contributed by atoms with E-state index in [9.17, 15) is 4.79 Å². The molecule has 3 heteroatoms. The number of piperidine rings is 1. The van der Waals surface area contributed by atoms with Crippen molar-refractivity contribution in [2.24, 2.45) is 5.92 Å². The van der Waals surface area contributed by atoms with Crippen molar-refractivity contribution in [1.29, 1.82) is 0 Å². The highest BCUT2D eigenvalue weighted by molar-refractivity contribution is 5.94. The van der Waals surface area contributed by atoms with Crippen molar-refractivity contribution in [1.82, 2.24) is 4.90 Å². The first kappa shape index (κ1) is 14.8. The van der Waals surface area contributed by atoms with Gasteiger partial charge in [0.05, 0.1) is 6.61 Å². The first-order chi connectivity index (χ1) is 9.70. The molecule has 0 N–H and O–H groups in total. The average Bonchev–Trinajstić information content (AvgIpc) is 2.48. The van der Waals surface area contributed by atoms with Gasteiger partial charge in [-0.1, -0.05) is 23.8 Å². The lowest BCUT2D eigenvalue weighted by atomic mass is 9.97. The van der Waals surface area contributed by atoms with Gasteiger partial charge >= 0.3 is 0 Å². The third-order valence-corrected chi connectivity index (χ3v) is 3.79. The van der Waals surface area contributed by atoms with Gasteiger partial charge in [-0.3, -0.25) is 4.79 Å². The maximum absolute atomic E-state index is 12.4. The van der Waals surface area contributed by atoms with Gasteiger partial charge in [-0.15, -0.1) is 6.58 Å². The van der Waals surface area contributed by atoms with Crippen molar-refractivity contribution in [3.63, 3.8) is 0 Å². The van der Waals surface area contributed by atoms with Crippen molar-refractivity contribution in [3.8, 4) is 0 Å². The van der Waals surface area contributed by atoms with Crippen molar-refractivity contribution in [2.75, 3.05) is 26.3 Å². The van der Waals surface area contributed by atoms with Crippen LogP contribution in [0.5, 0.6) is 0 Å². The summed E-state index contributed by atoms with van der Waals surface area (Å²) in [5.41, 5.74) is 1.97. The molecule has 1 aliphatic heterocycles. The van der Waals surface area contributed by atoms with E-state index in [0.717, 1.165) is 38.1 Å². The van der Waals surface area contributed by atoms with Crippen LogP contribution >= 0.6 is 0 Å². The molecule has 1 aromatic rings. The molecule has 1 amide bonds. The maximum atomic E-state index is 12.4. The summed E-state index contributed by atoms with van der Waals surface area (Å²) in [5.74, 6) is 0.715. The number of ether oxygens (including phenoxy) is 1. The Hall–Kier alpha value is -1.61. The van der Waals surface area contributed by atoms with Gasteiger partial charge in [0.15, 0.2) is 0 Å². The summed E-state index contributed by atoms with van der Waals surface area (Å²) in [7, 11) is 0. The Bertz CT molecular complexity index is 445. The molecule has 0 atom stereocenters. The second-order valence-electron chi connectivity index (χ2n) is 5.43. The molecule has 1 aliphatic rings. The van der Waals surface area contributed by atoms with Gasteiger partial charge in [0, 0.05) is 25.3 Å². The molecule has 108 valence electrons. The fourth-order valence-corrected chi connectivity index (χ4v) is 2.50. The minimum atomic E-state index is 0.149. The number of hydrogen-bond donors (Lipinski definition) is 0. The van der Waals surface area contributed by atoms with Crippen LogP contribution in [-0.4, -0.2) is 37.1 Å². The summed E-state index contributed by atoms with van der Waals surface area (Å²) >= 11 is 0. The first-order valence-electron chi connectivity index (χ1n) is 7.25. The molecular weight excluding hydrogens is 250 g/mol. The molecule has 0 aliphatic carbocycles. The zero-order valence-electron chi connectivity index (χ0n) is 12.2. The average molecular weight is 273 g/mol. The van der Waals surface area contributed by atoms with Crippen LogP contribution in [0.2, 0.25) is 0 Å². The van der Waals surface area contributed by atoms with E-state index in [4.69, 9.17) is 4.74 Å². The molecule has 1 heterocycles. The summed E-state index contributed by atoms with van der Waals surface area (Å²) in [5, 5.41) is 0. The zero-order valence-corrected chi connectivity index (χ0v) is 12.2. The smallest absolute Gasteiger partial charge is 0.253 e. The highest BCUT2D eigenvalue weighted by Crippen LogP contribution is 2.19. The van der Waals surface area contributed by atoms with Crippen LogP contribution in [0.3, 0.4) is 0 Å². The van der Waals surface area contributed by atoms with Crippen LogP contribution in [0.25, 0.3) is 0 Å². The number of amides is 1. The largest absolute Gasteiger partial charge is 0.377 e. The van der Waals surface area contributed by atoms with Crippen LogP contribution in [0.15, 0.2) is 36.9 Å². The molecule has 1 aromatic carbocycles. The first-order valence-corrected chi connectivity index (χ1v) is 7.25. The van der Waals surface area contributed by atoms with Crippen molar-refractivity contribution >= 4 is 5.91 Å². The molecule has 0 aromatic heterocycles. The molecule has 1 saturated heterocycles. The van der Waals surface area contributed by atoms with Crippen LogP contribution in [0, 0.1) is 12.8 Å². The lowest BCUT2D eigenvalue weighted by Gasteiger charge is -2.32. The molecular formula is C17H23NO2. The standard InChI is InChI=1S/C17H23NO2/c1-3-12-20-13-15-8-10-18(11-9-15)17(19)16-6-4-14(2)5-7-16/h3-7,15H,1,8-13H2,2H3. The van der Waals surface area contributed by atoms with E-state index in [1.165, 1.54) is 5.56 Å². The van der Waals surface area contributed by atoms with Crippen molar-refractivity contribution < 1.29 is 9.53 Å². The second kappa shape index (κ2) is 7.25. The van der Waals surface area contributed by atoms with Gasteiger partial charge in [0.2, 0.25) is 0 Å². The predicted molar refractivity (Wildman–Crippen MR) is 80.8 cm³/mol. The summed E-state index contributed by atoms with van der Waals surface area (Å²) in [6, 6.07) is 7.81. The van der Waals surface area contributed by atoms with Crippen LogP contribution in [0.4, 0.5) is 0 Å². The topological polar surface area (TPSA) is 29.5 Å².